The van der Waals surface area contributed by atoms with Crippen LogP contribution in [0.5, 0.6) is 0 Å². The Labute approximate surface area is 116 Å². The van der Waals surface area contributed by atoms with Crippen molar-refractivity contribution in [3.8, 4) is 0 Å². The molecule has 0 aromatic rings. The van der Waals surface area contributed by atoms with Gasteiger partial charge in [0.2, 0.25) is 0 Å². The molecule has 0 amide bonds. The summed E-state index contributed by atoms with van der Waals surface area (Å²) in [5.74, 6) is -1.93. The lowest BCUT2D eigenvalue weighted by molar-refractivity contribution is -0.134. The van der Waals surface area contributed by atoms with Gasteiger partial charge in [-0.15, -0.1) is 0 Å². The summed E-state index contributed by atoms with van der Waals surface area (Å²) in [4.78, 5) is 18.6. The highest BCUT2D eigenvalue weighted by Crippen LogP contribution is 2.01. The van der Waals surface area contributed by atoms with E-state index in [9.17, 15) is 9.59 Å². The highest BCUT2D eigenvalue weighted by atomic mass is 32.2. The molecule has 0 rings (SSSR count). The molecule has 0 aromatic carbocycles. The van der Waals surface area contributed by atoms with E-state index in [0.717, 1.165) is 12.3 Å². The normalized spacial score (nSPS) is 8.24. The van der Waals surface area contributed by atoms with Crippen molar-refractivity contribution in [1.29, 1.82) is 0 Å². The summed E-state index contributed by atoms with van der Waals surface area (Å²) in [5.41, 5.74) is 0. The Morgan fingerprint density at radius 1 is 1.00 bits per heavy atom. The van der Waals surface area contributed by atoms with Gasteiger partial charge in [0.1, 0.15) is 0 Å². The second-order valence-corrected chi connectivity index (χ2v) is 3.22. The van der Waals surface area contributed by atoms with Crippen LogP contribution in [0.25, 0.3) is 0 Å². The first kappa shape index (κ1) is 22.1. The van der Waals surface area contributed by atoms with Gasteiger partial charge in [-0.05, 0) is 13.8 Å². The van der Waals surface area contributed by atoms with Crippen LogP contribution < -0.4 is 0 Å². The highest BCUT2D eigenvalue weighted by Gasteiger charge is 1.82. The fourth-order valence-corrected chi connectivity index (χ4v) is 0.391. The first-order chi connectivity index (χ1) is 7.95. The van der Waals surface area contributed by atoms with Crippen molar-refractivity contribution < 1.29 is 28.2 Å². The standard InChI is InChI=1S/C4H10O2S.2C2H4O2S/c1-3-5-7-6-4-2;2*3-2(4)1-5/h3-4H2,1-2H3;2*5H,1H2,(H,3,4). The van der Waals surface area contributed by atoms with E-state index in [1.807, 2.05) is 13.8 Å². The quantitative estimate of drug-likeness (QED) is 0.337. The van der Waals surface area contributed by atoms with Crippen molar-refractivity contribution in [3.05, 3.63) is 0 Å². The van der Waals surface area contributed by atoms with Crippen LogP contribution in [0.3, 0.4) is 0 Å². The first-order valence-electron chi connectivity index (χ1n) is 4.52. The maximum absolute atomic E-state index is 9.29. The smallest absolute Gasteiger partial charge is 0.313 e. The van der Waals surface area contributed by atoms with Crippen LogP contribution in [0.4, 0.5) is 0 Å². The van der Waals surface area contributed by atoms with Crippen LogP contribution in [-0.2, 0) is 18.0 Å². The molecule has 0 atom stereocenters. The van der Waals surface area contributed by atoms with Crippen LogP contribution in [0.2, 0.25) is 0 Å². The van der Waals surface area contributed by atoms with Gasteiger partial charge in [0.15, 0.2) is 12.3 Å². The second kappa shape index (κ2) is 21.2. The van der Waals surface area contributed by atoms with E-state index in [1.165, 1.54) is 0 Å². The molecule has 0 aliphatic rings. The molecule has 6 nitrogen and oxygen atoms in total. The predicted molar refractivity (Wildman–Crippen MR) is 73.8 cm³/mol. The molecule has 0 saturated heterocycles. The molecule has 0 radical (unpaired) electrons. The Bertz CT molecular complexity index is 161. The topological polar surface area (TPSA) is 93.1 Å². The van der Waals surface area contributed by atoms with Crippen LogP contribution in [0.15, 0.2) is 0 Å². The van der Waals surface area contributed by atoms with E-state index in [4.69, 9.17) is 18.6 Å². The Morgan fingerprint density at radius 2 is 1.24 bits per heavy atom. The number of thiol groups is 2. The van der Waals surface area contributed by atoms with Gasteiger partial charge in [-0.1, -0.05) is 0 Å². The van der Waals surface area contributed by atoms with Crippen molar-refractivity contribution in [1.82, 2.24) is 0 Å². The zero-order valence-electron chi connectivity index (χ0n) is 9.66. The minimum absolute atomic E-state index is 0.0833. The number of hydrogen-bond acceptors (Lipinski definition) is 7. The SMILES string of the molecule is CCOSOCC.O=C(O)CS.O=C(O)CS. The molecule has 0 spiro atoms. The van der Waals surface area contributed by atoms with Crippen LogP contribution in [-0.4, -0.2) is 46.9 Å². The van der Waals surface area contributed by atoms with E-state index in [2.05, 4.69) is 25.3 Å². The molecule has 0 bridgehead atoms. The number of aliphatic carboxylic acids is 2. The van der Waals surface area contributed by atoms with Gasteiger partial charge in [0.05, 0.1) is 24.7 Å². The number of hydrogen-bond donors (Lipinski definition) is 4. The predicted octanol–water partition coefficient (Wildman–Crippen LogP) is 1.62. The molecule has 0 unspecified atom stereocenters. The van der Waals surface area contributed by atoms with Gasteiger partial charge >= 0.3 is 11.9 Å². The van der Waals surface area contributed by atoms with E-state index in [0.29, 0.717) is 13.2 Å². The third-order valence-corrected chi connectivity index (χ3v) is 1.81. The zero-order chi connectivity index (χ0) is 14.1. The molecular weight excluding hydrogens is 288 g/mol. The lowest BCUT2D eigenvalue weighted by Gasteiger charge is -1.93. The number of carbonyl (C=O) groups is 2. The monoisotopic (exact) mass is 306 g/mol. The van der Waals surface area contributed by atoms with Gasteiger partial charge in [-0.3, -0.25) is 18.0 Å². The second-order valence-electron chi connectivity index (χ2n) is 1.98. The van der Waals surface area contributed by atoms with E-state index in [-0.39, 0.29) is 11.5 Å². The van der Waals surface area contributed by atoms with Gasteiger partial charge < -0.3 is 10.2 Å². The van der Waals surface area contributed by atoms with Gasteiger partial charge in [0.25, 0.3) is 0 Å². The zero-order valence-corrected chi connectivity index (χ0v) is 12.3. The summed E-state index contributed by atoms with van der Waals surface area (Å²) >= 11 is 7.89. The Hall–Kier alpha value is -0.0900. The summed E-state index contributed by atoms with van der Waals surface area (Å²) in [7, 11) is 0. The molecular formula is C8H18O6S3. The molecule has 2 N–H and O–H groups in total. The first-order valence-corrected chi connectivity index (χ1v) is 6.45. The third-order valence-electron chi connectivity index (χ3n) is 0.602. The van der Waals surface area contributed by atoms with Crippen molar-refractivity contribution >= 4 is 49.5 Å². The average molecular weight is 306 g/mol. The van der Waals surface area contributed by atoms with Crippen molar-refractivity contribution in [2.24, 2.45) is 0 Å². The molecule has 0 aliphatic carbocycles. The van der Waals surface area contributed by atoms with Crippen molar-refractivity contribution in [2.75, 3.05) is 24.7 Å². The third kappa shape index (κ3) is 49.2. The fraction of sp³-hybridized carbons (Fsp3) is 0.750. The number of carboxylic acid groups (broad SMARTS) is 2. The molecule has 0 saturated carbocycles. The van der Waals surface area contributed by atoms with Gasteiger partial charge in [-0.2, -0.15) is 25.3 Å². The molecule has 17 heavy (non-hydrogen) atoms. The van der Waals surface area contributed by atoms with Gasteiger partial charge in [0, 0.05) is 0 Å². The number of carboxylic acids is 2. The Balaban J connectivity index is -0.000000177. The Morgan fingerprint density at radius 3 is 1.35 bits per heavy atom. The lowest BCUT2D eigenvalue weighted by Crippen LogP contribution is -1.92. The van der Waals surface area contributed by atoms with Gasteiger partial charge in [-0.25, -0.2) is 0 Å². The highest BCUT2D eigenvalue weighted by molar-refractivity contribution is 7.89. The molecule has 104 valence electrons. The van der Waals surface area contributed by atoms with E-state index >= 15 is 0 Å². The molecule has 9 heteroatoms. The van der Waals surface area contributed by atoms with Crippen LogP contribution >= 0.6 is 37.6 Å². The molecule has 0 fully saturated rings. The maximum Gasteiger partial charge on any atom is 0.313 e. The summed E-state index contributed by atoms with van der Waals surface area (Å²) < 4.78 is 9.54. The fourth-order valence-electron chi connectivity index (χ4n) is 0.130. The van der Waals surface area contributed by atoms with Crippen LogP contribution in [0, 0.1) is 0 Å². The minimum atomic E-state index is -0.881. The molecule has 0 aromatic heterocycles. The molecule has 0 aliphatic heterocycles. The average Bonchev–Trinajstić information content (AvgIpc) is 2.31. The minimum Gasteiger partial charge on any atom is -0.481 e. The van der Waals surface area contributed by atoms with E-state index in [1.54, 1.807) is 0 Å². The number of rotatable bonds is 6. The van der Waals surface area contributed by atoms with E-state index < -0.39 is 11.9 Å². The molecule has 0 heterocycles. The maximum atomic E-state index is 9.29. The summed E-state index contributed by atoms with van der Waals surface area (Å²) in [6, 6.07) is 0. The largest absolute Gasteiger partial charge is 0.481 e. The van der Waals surface area contributed by atoms with Crippen molar-refractivity contribution in [3.63, 3.8) is 0 Å². The Kier molecular flexibility index (Phi) is 27.6. The summed E-state index contributed by atoms with van der Waals surface area (Å²) in [5, 5.41) is 15.3. The van der Waals surface area contributed by atoms with Crippen molar-refractivity contribution in [2.45, 2.75) is 13.8 Å². The summed E-state index contributed by atoms with van der Waals surface area (Å²) in [6.07, 6.45) is 0. The van der Waals surface area contributed by atoms with Crippen LogP contribution in [0.1, 0.15) is 13.8 Å². The summed E-state index contributed by atoms with van der Waals surface area (Å²) in [6.45, 7) is 5.24. The lowest BCUT2D eigenvalue weighted by atomic mass is 10.8.